The highest BCUT2D eigenvalue weighted by atomic mass is 16.5. The number of methoxy groups -OCH3 is 1. The molecule has 1 atom stereocenters. The second-order valence-electron chi connectivity index (χ2n) is 6.30. The van der Waals surface area contributed by atoms with Crippen molar-refractivity contribution in [1.82, 2.24) is 10.2 Å². The molecule has 2 heterocycles. The van der Waals surface area contributed by atoms with Gasteiger partial charge in [0.1, 0.15) is 0 Å². The number of rotatable bonds is 6. The van der Waals surface area contributed by atoms with E-state index in [1.807, 2.05) is 4.90 Å². The van der Waals surface area contributed by atoms with Gasteiger partial charge in [-0.25, -0.2) is 0 Å². The first-order valence-electron chi connectivity index (χ1n) is 7.78. The van der Waals surface area contributed by atoms with Gasteiger partial charge in [0.2, 0.25) is 5.91 Å². The molecule has 1 amide bonds. The van der Waals surface area contributed by atoms with Gasteiger partial charge in [0.05, 0.1) is 12.0 Å². The fraction of sp³-hybridized carbons (Fsp3) is 0.867. The highest BCUT2D eigenvalue weighted by molar-refractivity contribution is 5.83. The second-order valence-corrected chi connectivity index (χ2v) is 6.30. The largest absolute Gasteiger partial charge is 0.481 e. The summed E-state index contributed by atoms with van der Waals surface area (Å²) in [6.07, 6.45) is 3.41. The Morgan fingerprint density at radius 1 is 1.38 bits per heavy atom. The van der Waals surface area contributed by atoms with E-state index in [0.717, 1.165) is 38.9 Å². The van der Waals surface area contributed by atoms with Crippen LogP contribution in [-0.2, 0) is 14.3 Å². The zero-order valence-corrected chi connectivity index (χ0v) is 12.8. The van der Waals surface area contributed by atoms with Gasteiger partial charge in [-0.15, -0.1) is 0 Å². The number of amides is 1. The lowest BCUT2D eigenvalue weighted by atomic mass is 9.78. The Bertz CT molecular complexity index is 374. The van der Waals surface area contributed by atoms with E-state index in [0.29, 0.717) is 25.5 Å². The number of carbonyl (C=O) groups is 2. The van der Waals surface area contributed by atoms with Crippen LogP contribution >= 0.6 is 0 Å². The van der Waals surface area contributed by atoms with E-state index in [2.05, 4.69) is 5.32 Å². The predicted molar refractivity (Wildman–Crippen MR) is 78.0 cm³/mol. The van der Waals surface area contributed by atoms with E-state index in [9.17, 15) is 9.59 Å². The molecule has 2 N–H and O–H groups in total. The third-order valence-corrected chi connectivity index (χ3v) is 4.77. The van der Waals surface area contributed by atoms with Gasteiger partial charge in [-0.3, -0.25) is 9.59 Å². The van der Waals surface area contributed by atoms with Crippen LogP contribution in [0.5, 0.6) is 0 Å². The Hall–Kier alpha value is -1.14. The van der Waals surface area contributed by atoms with Crippen LogP contribution in [-0.4, -0.2) is 61.8 Å². The standard InChI is InChI=1S/C15H26N2O4/c1-21-11-15(5-7-16-8-6-15)14(20)17-9-4-12(10-17)2-3-13(18)19/h12,16H,2-11H2,1H3,(H,18,19). The molecule has 0 radical (unpaired) electrons. The molecule has 6 heteroatoms. The molecule has 1 unspecified atom stereocenters. The maximum atomic E-state index is 12.9. The smallest absolute Gasteiger partial charge is 0.303 e. The van der Waals surface area contributed by atoms with Crippen LogP contribution in [0.4, 0.5) is 0 Å². The van der Waals surface area contributed by atoms with Gasteiger partial charge >= 0.3 is 5.97 Å². The molecule has 2 aliphatic heterocycles. The highest BCUT2D eigenvalue weighted by Crippen LogP contribution is 2.34. The summed E-state index contributed by atoms with van der Waals surface area (Å²) < 4.78 is 5.32. The average Bonchev–Trinajstić information content (AvgIpc) is 2.94. The third kappa shape index (κ3) is 3.95. The molecule has 0 saturated carbocycles. The van der Waals surface area contributed by atoms with Crippen LogP contribution in [0.15, 0.2) is 0 Å². The first-order chi connectivity index (χ1) is 10.1. The molecule has 0 aromatic rings. The SMILES string of the molecule is COCC1(C(=O)N2CCC(CCC(=O)O)C2)CCNCC1. The van der Waals surface area contributed by atoms with Crippen LogP contribution in [0.1, 0.15) is 32.1 Å². The molecule has 2 saturated heterocycles. The number of aliphatic carboxylic acids is 1. The molecular weight excluding hydrogens is 272 g/mol. The highest BCUT2D eigenvalue weighted by Gasteiger charge is 2.43. The Balaban J connectivity index is 1.93. The number of ether oxygens (including phenoxy) is 1. The molecule has 0 aromatic carbocycles. The summed E-state index contributed by atoms with van der Waals surface area (Å²) in [6, 6.07) is 0. The van der Waals surface area contributed by atoms with Crippen molar-refractivity contribution < 1.29 is 19.4 Å². The maximum Gasteiger partial charge on any atom is 0.303 e. The summed E-state index contributed by atoms with van der Waals surface area (Å²) in [4.78, 5) is 25.5. The number of hydrogen-bond acceptors (Lipinski definition) is 4. The topological polar surface area (TPSA) is 78.9 Å². The molecule has 0 bridgehead atoms. The van der Waals surface area contributed by atoms with Gasteiger partial charge in [-0.2, -0.15) is 0 Å². The van der Waals surface area contributed by atoms with Crippen LogP contribution < -0.4 is 5.32 Å². The van der Waals surface area contributed by atoms with E-state index in [-0.39, 0.29) is 17.7 Å². The second kappa shape index (κ2) is 7.22. The van der Waals surface area contributed by atoms with Crippen LogP contribution in [0, 0.1) is 11.3 Å². The molecule has 2 rings (SSSR count). The van der Waals surface area contributed by atoms with Gasteiger partial charge in [0.25, 0.3) is 0 Å². The summed E-state index contributed by atoms with van der Waals surface area (Å²) in [5.74, 6) is -0.232. The summed E-state index contributed by atoms with van der Waals surface area (Å²) in [7, 11) is 1.65. The number of carbonyl (C=O) groups excluding carboxylic acids is 1. The maximum absolute atomic E-state index is 12.9. The minimum Gasteiger partial charge on any atom is -0.481 e. The zero-order chi connectivity index (χ0) is 15.3. The van der Waals surface area contributed by atoms with E-state index in [1.54, 1.807) is 7.11 Å². The molecule has 21 heavy (non-hydrogen) atoms. The summed E-state index contributed by atoms with van der Waals surface area (Å²) >= 11 is 0. The molecule has 6 nitrogen and oxygen atoms in total. The predicted octanol–water partition coefficient (Wildman–Crippen LogP) is 0.716. The zero-order valence-electron chi connectivity index (χ0n) is 12.8. The monoisotopic (exact) mass is 298 g/mol. The van der Waals surface area contributed by atoms with Gasteiger partial charge in [0, 0.05) is 26.6 Å². The van der Waals surface area contributed by atoms with Crippen molar-refractivity contribution in [3.05, 3.63) is 0 Å². The van der Waals surface area contributed by atoms with E-state index in [1.165, 1.54) is 0 Å². The van der Waals surface area contributed by atoms with Crippen molar-refractivity contribution in [2.24, 2.45) is 11.3 Å². The van der Waals surface area contributed by atoms with Crippen molar-refractivity contribution in [3.63, 3.8) is 0 Å². The van der Waals surface area contributed by atoms with Crippen molar-refractivity contribution in [2.75, 3.05) is 39.9 Å². The first kappa shape index (κ1) is 16.2. The van der Waals surface area contributed by atoms with Crippen molar-refractivity contribution in [2.45, 2.75) is 32.1 Å². The average molecular weight is 298 g/mol. The number of carboxylic acids is 1. The van der Waals surface area contributed by atoms with Crippen LogP contribution in [0.2, 0.25) is 0 Å². The normalized spacial score (nSPS) is 25.0. The summed E-state index contributed by atoms with van der Waals surface area (Å²) in [5.41, 5.74) is -0.387. The molecule has 0 aliphatic carbocycles. The number of hydrogen-bond donors (Lipinski definition) is 2. The Kier molecular flexibility index (Phi) is 5.58. The van der Waals surface area contributed by atoms with Crippen molar-refractivity contribution in [3.8, 4) is 0 Å². The van der Waals surface area contributed by atoms with E-state index in [4.69, 9.17) is 9.84 Å². The Labute approximate surface area is 125 Å². The molecule has 2 aliphatic rings. The Morgan fingerprint density at radius 2 is 2.10 bits per heavy atom. The quantitative estimate of drug-likeness (QED) is 0.755. The lowest BCUT2D eigenvalue weighted by Crippen LogP contribution is -2.51. The lowest BCUT2D eigenvalue weighted by molar-refractivity contribution is -0.146. The molecule has 120 valence electrons. The third-order valence-electron chi connectivity index (χ3n) is 4.77. The minimum atomic E-state index is -0.756. The lowest BCUT2D eigenvalue weighted by Gasteiger charge is -2.38. The van der Waals surface area contributed by atoms with E-state index < -0.39 is 5.97 Å². The van der Waals surface area contributed by atoms with E-state index >= 15 is 0 Å². The molecular formula is C15H26N2O4. The van der Waals surface area contributed by atoms with Gasteiger partial charge < -0.3 is 20.1 Å². The molecule has 0 aromatic heterocycles. The molecule has 2 fully saturated rings. The summed E-state index contributed by atoms with van der Waals surface area (Å²) in [5, 5.41) is 12.1. The number of likely N-dealkylation sites (tertiary alicyclic amines) is 1. The fourth-order valence-electron chi connectivity index (χ4n) is 3.52. The fourth-order valence-corrected chi connectivity index (χ4v) is 3.52. The van der Waals surface area contributed by atoms with Crippen LogP contribution in [0.3, 0.4) is 0 Å². The van der Waals surface area contributed by atoms with Crippen LogP contribution in [0.25, 0.3) is 0 Å². The molecule has 0 spiro atoms. The number of nitrogens with zero attached hydrogens (tertiary/aromatic N) is 1. The number of nitrogens with one attached hydrogen (secondary N) is 1. The van der Waals surface area contributed by atoms with Gasteiger partial charge in [0.15, 0.2) is 0 Å². The van der Waals surface area contributed by atoms with Gasteiger partial charge in [-0.05, 0) is 44.7 Å². The van der Waals surface area contributed by atoms with Gasteiger partial charge in [-0.1, -0.05) is 0 Å². The first-order valence-corrected chi connectivity index (χ1v) is 7.78. The Morgan fingerprint density at radius 3 is 2.71 bits per heavy atom. The number of piperidine rings is 1. The van der Waals surface area contributed by atoms with Crippen molar-refractivity contribution >= 4 is 11.9 Å². The van der Waals surface area contributed by atoms with Crippen molar-refractivity contribution in [1.29, 1.82) is 0 Å². The number of carboxylic acid groups (broad SMARTS) is 1. The minimum absolute atomic E-state index is 0.194. The summed E-state index contributed by atoms with van der Waals surface area (Å²) in [6.45, 7) is 3.63.